The molecule has 0 bridgehead atoms. The molecule has 0 aliphatic heterocycles. The molecule has 3 aromatic heterocycles. The van der Waals surface area contributed by atoms with Crippen LogP contribution in [0.5, 0.6) is 5.75 Å². The molecule has 4 aromatic rings. The number of ether oxygens (including phenoxy) is 1. The molecule has 0 aliphatic rings. The summed E-state index contributed by atoms with van der Waals surface area (Å²) in [7, 11) is 0. The quantitative estimate of drug-likeness (QED) is 0.493. The summed E-state index contributed by atoms with van der Waals surface area (Å²) in [4.78, 5) is 21.8. The van der Waals surface area contributed by atoms with Gasteiger partial charge in [-0.2, -0.15) is 0 Å². The van der Waals surface area contributed by atoms with Gasteiger partial charge in [0.1, 0.15) is 12.4 Å². The van der Waals surface area contributed by atoms with E-state index in [9.17, 15) is 4.79 Å². The molecule has 0 fully saturated rings. The van der Waals surface area contributed by atoms with Gasteiger partial charge < -0.3 is 9.72 Å². The molecule has 4 rings (SSSR count). The van der Waals surface area contributed by atoms with Crippen molar-refractivity contribution in [2.24, 2.45) is 0 Å². The first kappa shape index (κ1) is 19.9. The summed E-state index contributed by atoms with van der Waals surface area (Å²) in [6, 6.07) is 6.23. The molecule has 1 aromatic carbocycles. The highest BCUT2D eigenvalue weighted by Gasteiger charge is 2.15. The van der Waals surface area contributed by atoms with E-state index in [1.807, 2.05) is 13.0 Å². The first-order valence-electron chi connectivity index (χ1n) is 10.1. The van der Waals surface area contributed by atoms with Crippen molar-refractivity contribution in [1.29, 1.82) is 0 Å². The molecule has 0 amide bonds. The predicted molar refractivity (Wildman–Crippen MR) is 115 cm³/mol. The van der Waals surface area contributed by atoms with Crippen LogP contribution in [0.4, 0.5) is 0 Å². The molecular formula is C23H26N4O3. The van der Waals surface area contributed by atoms with Crippen LogP contribution in [0.2, 0.25) is 0 Å². The number of nitrogens with one attached hydrogen (secondary N) is 2. The van der Waals surface area contributed by atoms with Crippen LogP contribution >= 0.6 is 0 Å². The highest BCUT2D eigenvalue weighted by molar-refractivity contribution is 5.79. The van der Waals surface area contributed by atoms with Gasteiger partial charge in [-0.1, -0.05) is 19.0 Å². The summed E-state index contributed by atoms with van der Waals surface area (Å²) >= 11 is 0. The third kappa shape index (κ3) is 3.75. The minimum Gasteiger partial charge on any atom is -0.485 e. The Morgan fingerprint density at radius 2 is 1.97 bits per heavy atom. The number of aryl methyl sites for hydroxylation is 1. The molecule has 30 heavy (non-hydrogen) atoms. The van der Waals surface area contributed by atoms with Crippen LogP contribution in [0.25, 0.3) is 11.0 Å². The van der Waals surface area contributed by atoms with Crippen molar-refractivity contribution in [3.05, 3.63) is 74.3 Å². The van der Waals surface area contributed by atoms with Crippen LogP contribution in [-0.2, 0) is 13.0 Å². The summed E-state index contributed by atoms with van der Waals surface area (Å²) in [6.45, 7) is 10.7. The molecule has 7 heteroatoms. The number of aromatic amines is 2. The Hall–Kier alpha value is -3.35. The lowest BCUT2D eigenvalue weighted by molar-refractivity contribution is 0.283. The Kier molecular flexibility index (Phi) is 5.20. The molecule has 156 valence electrons. The maximum absolute atomic E-state index is 11.1. The van der Waals surface area contributed by atoms with Crippen LogP contribution in [0.3, 0.4) is 0 Å². The average molecular weight is 406 g/mol. The fourth-order valence-corrected chi connectivity index (χ4v) is 3.77. The van der Waals surface area contributed by atoms with Gasteiger partial charge in [0.05, 0.1) is 11.0 Å². The maximum Gasteiger partial charge on any atom is 0.439 e. The van der Waals surface area contributed by atoms with Gasteiger partial charge in [0, 0.05) is 18.3 Å². The smallest absolute Gasteiger partial charge is 0.439 e. The minimum absolute atomic E-state index is 0.147. The van der Waals surface area contributed by atoms with Gasteiger partial charge in [-0.15, -0.1) is 0 Å². The van der Waals surface area contributed by atoms with Crippen molar-refractivity contribution in [3.63, 3.8) is 0 Å². The standard InChI is InChI=1S/C23H26N4O3/c1-12(2)18-10-24-19-7-6-16(25-22(18)19)9-17-13(3)8-20(15(5)14(17)4)29-11-21-26-23(28)30-27-21/h6-8,10,12,24H,9,11H2,1-5H3,(H,26,27,28). The van der Waals surface area contributed by atoms with E-state index in [2.05, 4.69) is 65.7 Å². The Morgan fingerprint density at radius 3 is 2.67 bits per heavy atom. The lowest BCUT2D eigenvalue weighted by atomic mass is 9.94. The van der Waals surface area contributed by atoms with Crippen molar-refractivity contribution >= 4 is 11.0 Å². The van der Waals surface area contributed by atoms with E-state index in [0.29, 0.717) is 11.7 Å². The van der Waals surface area contributed by atoms with E-state index < -0.39 is 5.76 Å². The summed E-state index contributed by atoms with van der Waals surface area (Å²) < 4.78 is 10.4. The molecule has 0 saturated heterocycles. The zero-order valence-corrected chi connectivity index (χ0v) is 17.9. The van der Waals surface area contributed by atoms with Gasteiger partial charge in [-0.25, -0.2) is 4.79 Å². The van der Waals surface area contributed by atoms with E-state index in [-0.39, 0.29) is 6.61 Å². The van der Waals surface area contributed by atoms with Crippen LogP contribution < -0.4 is 10.5 Å². The van der Waals surface area contributed by atoms with E-state index in [4.69, 9.17) is 9.72 Å². The first-order chi connectivity index (χ1) is 14.3. The van der Waals surface area contributed by atoms with Crippen molar-refractivity contribution in [1.82, 2.24) is 20.1 Å². The molecule has 0 unspecified atom stereocenters. The third-order valence-electron chi connectivity index (χ3n) is 5.65. The number of aromatic nitrogens is 4. The number of hydrogen-bond acceptors (Lipinski definition) is 5. The highest BCUT2D eigenvalue weighted by atomic mass is 16.5. The SMILES string of the molecule is Cc1cc(OCc2noc(=O)[nH]2)c(C)c(C)c1Cc1ccc2[nH]cc(C(C)C)c2n1. The lowest BCUT2D eigenvalue weighted by Crippen LogP contribution is -2.05. The molecule has 7 nitrogen and oxygen atoms in total. The van der Waals surface area contributed by atoms with Crippen molar-refractivity contribution in [2.45, 2.75) is 53.6 Å². The number of H-pyrrole nitrogens is 2. The Bertz CT molecular complexity index is 1260. The minimum atomic E-state index is -0.583. The fourth-order valence-electron chi connectivity index (χ4n) is 3.77. The molecule has 0 atom stereocenters. The van der Waals surface area contributed by atoms with Gasteiger partial charge >= 0.3 is 5.76 Å². The summed E-state index contributed by atoms with van der Waals surface area (Å²) in [5.41, 5.74) is 9.04. The Labute approximate surface area is 174 Å². The molecule has 3 heterocycles. The van der Waals surface area contributed by atoms with E-state index >= 15 is 0 Å². The number of benzene rings is 1. The first-order valence-corrected chi connectivity index (χ1v) is 10.1. The fraction of sp³-hybridized carbons (Fsp3) is 0.348. The lowest BCUT2D eigenvalue weighted by Gasteiger charge is -2.17. The van der Waals surface area contributed by atoms with Crippen LogP contribution in [0.1, 0.15) is 59.1 Å². The molecule has 0 radical (unpaired) electrons. The van der Waals surface area contributed by atoms with E-state index in [1.54, 1.807) is 0 Å². The number of nitrogens with zero attached hydrogens (tertiary/aromatic N) is 2. The van der Waals surface area contributed by atoms with E-state index in [1.165, 1.54) is 16.7 Å². The molecule has 0 aliphatic carbocycles. The van der Waals surface area contributed by atoms with Gasteiger partial charge in [0.15, 0.2) is 5.82 Å². The number of fused-ring (bicyclic) bond motifs is 1. The summed E-state index contributed by atoms with van der Waals surface area (Å²) in [5, 5.41) is 3.64. The molecule has 0 saturated carbocycles. The van der Waals surface area contributed by atoms with Gasteiger partial charge in [-0.3, -0.25) is 14.5 Å². The number of pyridine rings is 1. The van der Waals surface area contributed by atoms with Gasteiger partial charge in [0.25, 0.3) is 0 Å². The second-order valence-corrected chi connectivity index (χ2v) is 8.02. The summed E-state index contributed by atoms with van der Waals surface area (Å²) in [6.07, 6.45) is 2.81. The Morgan fingerprint density at radius 1 is 1.17 bits per heavy atom. The van der Waals surface area contributed by atoms with Crippen LogP contribution in [0, 0.1) is 20.8 Å². The highest BCUT2D eigenvalue weighted by Crippen LogP contribution is 2.30. The van der Waals surface area contributed by atoms with Gasteiger partial charge in [0.2, 0.25) is 0 Å². The van der Waals surface area contributed by atoms with Gasteiger partial charge in [-0.05, 0) is 72.7 Å². The average Bonchev–Trinajstić information content (AvgIpc) is 3.32. The zero-order chi connectivity index (χ0) is 21.4. The topological polar surface area (TPSA) is 96.8 Å². The number of hydrogen-bond donors (Lipinski definition) is 2. The number of rotatable bonds is 6. The predicted octanol–water partition coefficient (Wildman–Crippen LogP) is 4.46. The second-order valence-electron chi connectivity index (χ2n) is 8.02. The zero-order valence-electron chi connectivity index (χ0n) is 17.9. The van der Waals surface area contributed by atoms with Crippen molar-refractivity contribution < 1.29 is 9.26 Å². The Balaban J connectivity index is 1.61. The summed E-state index contributed by atoms with van der Waals surface area (Å²) in [5.74, 6) is 0.973. The monoisotopic (exact) mass is 406 g/mol. The normalized spacial score (nSPS) is 11.5. The molecule has 0 spiro atoms. The third-order valence-corrected chi connectivity index (χ3v) is 5.65. The van der Waals surface area contributed by atoms with Crippen molar-refractivity contribution in [2.75, 3.05) is 0 Å². The maximum atomic E-state index is 11.1. The van der Waals surface area contributed by atoms with E-state index in [0.717, 1.165) is 40.0 Å². The molecular weight excluding hydrogens is 380 g/mol. The largest absolute Gasteiger partial charge is 0.485 e. The molecule has 2 N–H and O–H groups in total. The van der Waals surface area contributed by atoms with Crippen LogP contribution in [-0.4, -0.2) is 20.1 Å². The second kappa shape index (κ2) is 7.82. The van der Waals surface area contributed by atoms with Crippen molar-refractivity contribution in [3.8, 4) is 5.75 Å². The van der Waals surface area contributed by atoms with Crippen LogP contribution in [0.15, 0.2) is 33.7 Å².